The zero-order valence-corrected chi connectivity index (χ0v) is 55.4. The van der Waals surface area contributed by atoms with Crippen LogP contribution in [0.25, 0.3) is 66.1 Å². The molecule has 3 nitrogen and oxygen atoms in total. The van der Waals surface area contributed by atoms with E-state index in [1.54, 1.807) is 0 Å². The molecular weight excluding hydrogens is 1120 g/mol. The molecule has 0 saturated carbocycles. The van der Waals surface area contributed by atoms with Crippen LogP contribution >= 0.6 is 0 Å². The fourth-order valence-electron chi connectivity index (χ4n) is 15.4. The first kappa shape index (κ1) is 58.0. The fraction of sp³-hybridized carbons (Fsp3) is 0.169. The van der Waals surface area contributed by atoms with Gasteiger partial charge < -0.3 is 14.7 Å². The van der Waals surface area contributed by atoms with Crippen LogP contribution in [0.3, 0.4) is 0 Å². The molecule has 0 fully saturated rings. The number of fused-ring (bicyclic) bond motifs is 9. The van der Waals surface area contributed by atoms with Gasteiger partial charge in [-0.2, -0.15) is 0 Å². The van der Waals surface area contributed by atoms with E-state index in [4.69, 9.17) is 0 Å². The monoisotopic (exact) mass is 1200 g/mol. The molecule has 93 heavy (non-hydrogen) atoms. The second-order valence-electron chi connectivity index (χ2n) is 29.8. The molecule has 0 N–H and O–H groups in total. The second kappa shape index (κ2) is 21.5. The summed E-state index contributed by atoms with van der Waals surface area (Å²) in [6.45, 7) is 25.7. The predicted octanol–water partition coefficient (Wildman–Crippen LogP) is 22.7. The maximum absolute atomic E-state index is 2.66. The van der Waals surface area contributed by atoms with E-state index in [9.17, 15) is 0 Å². The van der Waals surface area contributed by atoms with Crippen molar-refractivity contribution in [3.8, 4) is 44.5 Å². The Morgan fingerprint density at radius 3 is 1.52 bits per heavy atom. The minimum Gasteiger partial charge on any atom is -0.311 e. The van der Waals surface area contributed by atoms with Crippen molar-refractivity contribution in [3.63, 3.8) is 0 Å². The van der Waals surface area contributed by atoms with Gasteiger partial charge in [-0.15, -0.1) is 0 Å². The van der Waals surface area contributed by atoms with Crippen LogP contribution in [0.1, 0.15) is 104 Å². The molecule has 0 amide bonds. The van der Waals surface area contributed by atoms with Crippen LogP contribution in [0.15, 0.2) is 273 Å². The molecule has 2 heterocycles. The van der Waals surface area contributed by atoms with Crippen molar-refractivity contribution in [2.24, 2.45) is 0 Å². The number of rotatable bonds is 8. The van der Waals surface area contributed by atoms with Gasteiger partial charge in [0.05, 0.1) is 5.69 Å². The number of nitrogens with zero attached hydrogens (tertiary/aromatic N) is 3. The van der Waals surface area contributed by atoms with Gasteiger partial charge in [-0.1, -0.05) is 270 Å². The average molecular weight is 1200 g/mol. The second-order valence-corrected chi connectivity index (χ2v) is 29.8. The smallest absolute Gasteiger partial charge is 0.252 e. The zero-order chi connectivity index (χ0) is 63.9. The highest BCUT2D eigenvalue weighted by atomic mass is 15.2. The van der Waals surface area contributed by atoms with Gasteiger partial charge in [0, 0.05) is 56.5 Å². The predicted molar refractivity (Wildman–Crippen MR) is 400 cm³/mol. The third kappa shape index (κ3) is 9.62. The molecule has 0 saturated heterocycles. The molecule has 0 spiro atoms. The Kier molecular flexibility index (Phi) is 13.4. The quantitative estimate of drug-likeness (QED) is 0.140. The first-order valence-electron chi connectivity index (χ1n) is 33.3. The van der Waals surface area contributed by atoms with Crippen molar-refractivity contribution >= 4 is 95.8 Å². The van der Waals surface area contributed by atoms with Gasteiger partial charge in [0.25, 0.3) is 6.71 Å². The Hall–Kier alpha value is -10.2. The third-order valence-electron chi connectivity index (χ3n) is 20.5. The lowest BCUT2D eigenvalue weighted by molar-refractivity contribution is 0.590. The van der Waals surface area contributed by atoms with Crippen molar-refractivity contribution in [1.29, 1.82) is 0 Å². The molecule has 0 atom stereocenters. The highest BCUT2D eigenvalue weighted by Crippen LogP contribution is 2.54. The van der Waals surface area contributed by atoms with Crippen molar-refractivity contribution in [2.45, 2.75) is 97.8 Å². The van der Waals surface area contributed by atoms with Crippen LogP contribution in [0.4, 0.5) is 51.2 Å². The van der Waals surface area contributed by atoms with Crippen molar-refractivity contribution in [2.75, 3.05) is 14.7 Å². The summed E-state index contributed by atoms with van der Waals surface area (Å²) in [6.07, 6.45) is 0. The van der Waals surface area contributed by atoms with E-state index >= 15 is 0 Å². The minimum absolute atomic E-state index is 0.0243. The van der Waals surface area contributed by atoms with Crippen LogP contribution in [0, 0.1) is 0 Å². The molecule has 452 valence electrons. The van der Waals surface area contributed by atoms with Gasteiger partial charge in [-0.25, -0.2) is 0 Å². The topological polar surface area (TPSA) is 9.72 Å². The lowest BCUT2D eigenvalue weighted by Crippen LogP contribution is -2.61. The largest absolute Gasteiger partial charge is 0.311 e. The Morgan fingerprint density at radius 2 is 0.849 bits per heavy atom. The zero-order valence-electron chi connectivity index (χ0n) is 55.4. The van der Waals surface area contributed by atoms with E-state index in [0.29, 0.717) is 0 Å². The summed E-state index contributed by atoms with van der Waals surface area (Å²) in [7, 11) is 0. The fourth-order valence-corrected chi connectivity index (χ4v) is 15.4. The SMILES string of the molecule is CC(C)(C)c1ccc(N(c2ccc3c(c2)N(c2ccc4c(c2)C(C)(C)c2ccccc2-4)c2cc(C(C)(C)C)cc4c2B3c2cc(-c3cccc5ccccc35)ccc2N4c2ccc(-c3cccc4ccccc34)cc2)c2ccc(C(C)(C)C)cc2-c2ccccc2)cc1. The van der Waals surface area contributed by atoms with Crippen LogP contribution in [-0.4, -0.2) is 6.71 Å². The molecule has 13 aromatic carbocycles. The van der Waals surface area contributed by atoms with E-state index in [-0.39, 0.29) is 28.4 Å². The molecule has 1 aliphatic carbocycles. The lowest BCUT2D eigenvalue weighted by Gasteiger charge is -2.45. The van der Waals surface area contributed by atoms with Gasteiger partial charge in [-0.05, 0) is 200 Å². The summed E-state index contributed by atoms with van der Waals surface area (Å²) in [5, 5.41) is 4.97. The maximum atomic E-state index is 2.66. The molecule has 0 bridgehead atoms. The Balaban J connectivity index is 0.990. The molecule has 0 radical (unpaired) electrons. The highest BCUT2D eigenvalue weighted by Gasteiger charge is 2.46. The van der Waals surface area contributed by atoms with E-state index in [2.05, 4.69) is 364 Å². The Morgan fingerprint density at radius 1 is 0.323 bits per heavy atom. The summed E-state index contributed by atoms with van der Waals surface area (Å²) < 4.78 is 0. The molecule has 13 aromatic rings. The summed E-state index contributed by atoms with van der Waals surface area (Å²) in [5.41, 5.74) is 30.0. The normalized spacial score (nSPS) is 13.8. The van der Waals surface area contributed by atoms with Crippen LogP contribution < -0.4 is 31.1 Å². The molecule has 16 rings (SSSR count). The first-order valence-corrected chi connectivity index (χ1v) is 33.3. The highest BCUT2D eigenvalue weighted by molar-refractivity contribution is 7.00. The Bertz CT molecular complexity index is 5120. The van der Waals surface area contributed by atoms with E-state index in [1.165, 1.54) is 127 Å². The summed E-state index contributed by atoms with van der Waals surface area (Å²) in [5.74, 6) is 0. The molecule has 4 heteroatoms. The number of anilines is 9. The third-order valence-corrected chi connectivity index (χ3v) is 20.5. The molecule has 3 aliphatic rings. The van der Waals surface area contributed by atoms with Crippen LogP contribution in [0.5, 0.6) is 0 Å². The molecule has 2 aliphatic heterocycles. The van der Waals surface area contributed by atoms with E-state index in [1.807, 2.05) is 0 Å². The summed E-state index contributed by atoms with van der Waals surface area (Å²) >= 11 is 0. The van der Waals surface area contributed by atoms with Gasteiger partial charge in [-0.3, -0.25) is 0 Å². The van der Waals surface area contributed by atoms with Gasteiger partial charge in [0.15, 0.2) is 0 Å². The van der Waals surface area contributed by atoms with Crippen LogP contribution in [-0.2, 0) is 21.7 Å². The first-order chi connectivity index (χ1) is 44.8. The van der Waals surface area contributed by atoms with Crippen LogP contribution in [0.2, 0.25) is 0 Å². The number of benzene rings is 13. The molecule has 0 aromatic heterocycles. The minimum atomic E-state index is -0.230. The van der Waals surface area contributed by atoms with E-state index < -0.39 is 0 Å². The van der Waals surface area contributed by atoms with Crippen molar-refractivity contribution < 1.29 is 0 Å². The standard InChI is InChI=1S/C89H78BN3/c1-86(2,3)62-38-43-65(44-39-62)91(80-50-40-63(87(4,5)6)52-75(80)59-23-13-12-14-24-59)68-46-48-78-82(56-68)93(67-45-47-74-73-31-19-20-34-76(73)89(10,11)77(74)55-67)84-54-64(88(7,8)9)53-83-85(84)90(78)79-51-61(72-33-22-28-58-26-16-18-30-70(58)72)37-49-81(79)92(83)66-41-35-60(36-42-66)71-32-21-27-57-25-15-17-29-69(57)71/h12-56H,1-11H3. The van der Waals surface area contributed by atoms with Gasteiger partial charge in [0.1, 0.15) is 0 Å². The van der Waals surface area contributed by atoms with E-state index in [0.717, 1.165) is 34.1 Å². The molecule has 0 unspecified atom stereocenters. The van der Waals surface area contributed by atoms with Crippen molar-refractivity contribution in [1.82, 2.24) is 0 Å². The number of hydrogen-bond acceptors (Lipinski definition) is 3. The van der Waals surface area contributed by atoms with Gasteiger partial charge >= 0.3 is 0 Å². The van der Waals surface area contributed by atoms with Gasteiger partial charge in [0.2, 0.25) is 0 Å². The maximum Gasteiger partial charge on any atom is 0.252 e. The average Bonchev–Trinajstić information content (AvgIpc) is 0.913. The number of hydrogen-bond donors (Lipinski definition) is 0. The molecular formula is C89H78BN3. The Labute approximate surface area is 550 Å². The summed E-state index contributed by atoms with van der Waals surface area (Å²) in [4.78, 5) is 7.78. The lowest BCUT2D eigenvalue weighted by atomic mass is 9.33. The van der Waals surface area contributed by atoms with Crippen molar-refractivity contribution in [3.05, 3.63) is 301 Å². The summed E-state index contributed by atoms with van der Waals surface area (Å²) in [6, 6.07) is 104.